The summed E-state index contributed by atoms with van der Waals surface area (Å²) in [7, 11) is 0. The molecule has 3 aromatic rings. The molecule has 12 nitrogen and oxygen atoms in total. The molecule has 0 aliphatic rings. The molecule has 0 N–H and O–H groups in total. The van der Waals surface area contributed by atoms with Crippen molar-refractivity contribution in [2.75, 3.05) is 11.4 Å². The Balaban J connectivity index is 2.49. The summed E-state index contributed by atoms with van der Waals surface area (Å²) in [6.45, 7) is 15.8. The van der Waals surface area contributed by atoms with E-state index in [1.54, 1.807) is 69.2 Å². The molecule has 0 spiro atoms. The van der Waals surface area contributed by atoms with Crippen molar-refractivity contribution in [1.29, 1.82) is 0 Å². The summed E-state index contributed by atoms with van der Waals surface area (Å²) in [5, 5.41) is -0.231. The number of carbonyl (C=O) groups is 4. The zero-order chi connectivity index (χ0) is 34.8. The summed E-state index contributed by atoms with van der Waals surface area (Å²) >= 11 is 0. The van der Waals surface area contributed by atoms with E-state index in [0.29, 0.717) is 11.3 Å². The van der Waals surface area contributed by atoms with Gasteiger partial charge in [-0.05, 0) is 80.9 Å². The number of amides is 4. The molecule has 46 heavy (non-hydrogen) atoms. The molecule has 0 radical (unpaired) electrons. The molecule has 248 valence electrons. The molecule has 0 saturated heterocycles. The van der Waals surface area contributed by atoms with E-state index in [-0.39, 0.29) is 22.9 Å². The van der Waals surface area contributed by atoms with Gasteiger partial charge in [0.15, 0.2) is 11.5 Å². The van der Waals surface area contributed by atoms with Gasteiger partial charge >= 0.3 is 18.3 Å². The van der Waals surface area contributed by atoms with Gasteiger partial charge in [0.2, 0.25) is 0 Å². The average molecular weight is 644 g/mol. The van der Waals surface area contributed by atoms with Crippen LogP contribution in [-0.2, 0) is 14.2 Å². The van der Waals surface area contributed by atoms with Crippen molar-refractivity contribution in [3.8, 4) is 11.3 Å². The van der Waals surface area contributed by atoms with Crippen LogP contribution < -0.4 is 4.90 Å². The lowest BCUT2D eigenvalue weighted by Crippen LogP contribution is -2.46. The van der Waals surface area contributed by atoms with Crippen LogP contribution in [-0.4, -0.2) is 67.4 Å². The third-order valence-electron chi connectivity index (χ3n) is 5.79. The minimum Gasteiger partial charge on any atom is -0.443 e. The normalized spacial score (nSPS) is 12.0. The molecule has 0 unspecified atom stereocenters. The number of pyridine rings is 1. The van der Waals surface area contributed by atoms with Crippen LogP contribution in [0.5, 0.6) is 0 Å². The van der Waals surface area contributed by atoms with Gasteiger partial charge in [0.25, 0.3) is 5.91 Å². The predicted octanol–water partition coefficient (Wildman–Crippen LogP) is 7.43. The van der Waals surface area contributed by atoms with Gasteiger partial charge < -0.3 is 14.2 Å². The van der Waals surface area contributed by atoms with Crippen LogP contribution in [0.1, 0.15) is 86.1 Å². The minimum absolute atomic E-state index is 0.106. The molecule has 0 saturated carbocycles. The highest BCUT2D eigenvalue weighted by atomic mass is 19.1. The first kappa shape index (κ1) is 35.7. The van der Waals surface area contributed by atoms with Crippen molar-refractivity contribution in [3.05, 3.63) is 48.2 Å². The Morgan fingerprint density at radius 1 is 0.739 bits per heavy atom. The molecule has 0 atom stereocenters. The standard InChI is InChI=1S/C32H39F2N5O7/c1-11-14-38(27(41)44-30(2,3)4)26(40)24-25(39(28(42)45-31(5,6)7)29(43)46-32(8,9)10)18-12-13-20(33)22(19(18)15-36-24)23-21(34)16-35-17-37-23/h12-13,15-17H,11,14H2,1-10H3. The SMILES string of the molecule is CCCN(C(=O)OC(C)(C)C)C(=O)c1ncc2c(-c3ncncc3F)c(F)ccc2c1N(C(=O)OC(C)(C)C)C(=O)OC(C)(C)C. The van der Waals surface area contributed by atoms with Crippen LogP contribution in [0.4, 0.5) is 28.9 Å². The van der Waals surface area contributed by atoms with Gasteiger partial charge in [0, 0.05) is 29.1 Å². The first-order chi connectivity index (χ1) is 21.1. The lowest BCUT2D eigenvalue weighted by atomic mass is 9.99. The molecular weight excluding hydrogens is 604 g/mol. The van der Waals surface area contributed by atoms with E-state index >= 15 is 4.39 Å². The molecule has 1 aromatic carbocycles. The minimum atomic E-state index is -1.26. The van der Waals surface area contributed by atoms with E-state index in [2.05, 4.69) is 15.0 Å². The predicted molar refractivity (Wildman–Crippen MR) is 165 cm³/mol. The lowest BCUT2D eigenvalue weighted by molar-refractivity contribution is 0.0239. The molecule has 3 rings (SSSR count). The Labute approximate surface area is 266 Å². The van der Waals surface area contributed by atoms with Gasteiger partial charge in [-0.25, -0.2) is 43.0 Å². The number of rotatable bonds is 5. The van der Waals surface area contributed by atoms with Crippen molar-refractivity contribution >= 4 is 40.6 Å². The smallest absolute Gasteiger partial charge is 0.424 e. The molecule has 2 heterocycles. The van der Waals surface area contributed by atoms with Crippen LogP contribution >= 0.6 is 0 Å². The maximum atomic E-state index is 15.4. The summed E-state index contributed by atoms with van der Waals surface area (Å²) in [6.07, 6.45) is -0.293. The second kappa shape index (κ2) is 13.3. The molecule has 4 amide bonds. The average Bonchev–Trinajstić information content (AvgIpc) is 2.89. The number of ether oxygens (including phenoxy) is 3. The Morgan fingerprint density at radius 2 is 1.28 bits per heavy atom. The number of benzene rings is 1. The molecule has 0 aliphatic carbocycles. The van der Waals surface area contributed by atoms with E-state index < -0.39 is 69.7 Å². The number of halogens is 2. The highest BCUT2D eigenvalue weighted by Gasteiger charge is 2.39. The van der Waals surface area contributed by atoms with E-state index in [4.69, 9.17) is 14.2 Å². The molecular formula is C32H39F2N5O7. The molecule has 0 bridgehead atoms. The Hall–Kier alpha value is -4.75. The van der Waals surface area contributed by atoms with Crippen LogP contribution in [0, 0.1) is 11.6 Å². The zero-order valence-corrected chi connectivity index (χ0v) is 27.7. The maximum Gasteiger partial charge on any atom is 0.424 e. The quantitative estimate of drug-likeness (QED) is 0.258. The van der Waals surface area contributed by atoms with E-state index in [9.17, 15) is 23.6 Å². The second-order valence-corrected chi connectivity index (χ2v) is 13.3. The van der Waals surface area contributed by atoms with Crippen molar-refractivity contribution in [2.24, 2.45) is 0 Å². The number of hydrogen-bond donors (Lipinski definition) is 0. The van der Waals surface area contributed by atoms with Gasteiger partial charge in [-0.2, -0.15) is 4.90 Å². The first-order valence-corrected chi connectivity index (χ1v) is 14.5. The Bertz CT molecular complexity index is 1630. The van der Waals surface area contributed by atoms with E-state index in [0.717, 1.165) is 29.7 Å². The first-order valence-electron chi connectivity index (χ1n) is 14.5. The summed E-state index contributed by atoms with van der Waals surface area (Å²) in [4.78, 5) is 68.0. The summed E-state index contributed by atoms with van der Waals surface area (Å²) in [6, 6.07) is 2.14. The highest BCUT2D eigenvalue weighted by molar-refractivity contribution is 6.21. The van der Waals surface area contributed by atoms with Gasteiger partial charge in [0.1, 0.15) is 34.6 Å². The zero-order valence-electron chi connectivity index (χ0n) is 27.7. The number of nitrogens with zero attached hydrogens (tertiary/aromatic N) is 5. The van der Waals surface area contributed by atoms with Gasteiger partial charge in [-0.3, -0.25) is 4.79 Å². The molecule has 0 aliphatic heterocycles. The third kappa shape index (κ3) is 8.49. The fourth-order valence-corrected chi connectivity index (χ4v) is 4.19. The van der Waals surface area contributed by atoms with Crippen LogP contribution in [0.15, 0.2) is 30.9 Å². The van der Waals surface area contributed by atoms with Crippen molar-refractivity contribution in [2.45, 2.75) is 92.5 Å². The van der Waals surface area contributed by atoms with Crippen LogP contribution in [0.3, 0.4) is 0 Å². The number of fused-ring (bicyclic) bond motifs is 1. The van der Waals surface area contributed by atoms with Crippen LogP contribution in [0.2, 0.25) is 0 Å². The van der Waals surface area contributed by atoms with Crippen LogP contribution in [0.25, 0.3) is 22.0 Å². The Morgan fingerprint density at radius 3 is 1.78 bits per heavy atom. The number of imide groups is 2. The van der Waals surface area contributed by atoms with E-state index in [1.165, 1.54) is 6.07 Å². The Kier molecular flexibility index (Phi) is 10.3. The summed E-state index contributed by atoms with van der Waals surface area (Å²) in [5.41, 5.74) is -5.12. The maximum absolute atomic E-state index is 15.4. The largest absolute Gasteiger partial charge is 0.443 e. The molecule has 14 heteroatoms. The highest BCUT2D eigenvalue weighted by Crippen LogP contribution is 2.39. The van der Waals surface area contributed by atoms with E-state index in [1.807, 2.05) is 0 Å². The van der Waals surface area contributed by atoms with Gasteiger partial charge in [0.05, 0.1) is 11.9 Å². The fraction of sp³-hybridized carbons (Fsp3) is 0.469. The fourth-order valence-electron chi connectivity index (χ4n) is 4.19. The second-order valence-electron chi connectivity index (χ2n) is 13.3. The molecule has 2 aromatic heterocycles. The molecule has 0 fully saturated rings. The van der Waals surface area contributed by atoms with Crippen molar-refractivity contribution in [1.82, 2.24) is 19.9 Å². The number of anilines is 1. The van der Waals surface area contributed by atoms with Gasteiger partial charge in [-0.1, -0.05) is 6.92 Å². The number of carbonyl (C=O) groups excluding carboxylic acids is 4. The monoisotopic (exact) mass is 643 g/mol. The lowest BCUT2D eigenvalue weighted by Gasteiger charge is -2.31. The third-order valence-corrected chi connectivity index (χ3v) is 5.79. The number of hydrogen-bond acceptors (Lipinski definition) is 10. The summed E-state index contributed by atoms with van der Waals surface area (Å²) < 4.78 is 46.9. The van der Waals surface area contributed by atoms with Crippen molar-refractivity contribution < 1.29 is 42.2 Å². The summed E-state index contributed by atoms with van der Waals surface area (Å²) in [5.74, 6) is -2.92. The van der Waals surface area contributed by atoms with Gasteiger partial charge in [-0.15, -0.1) is 0 Å². The topological polar surface area (TPSA) is 141 Å². The number of aromatic nitrogens is 3. The van der Waals surface area contributed by atoms with Crippen molar-refractivity contribution in [3.63, 3.8) is 0 Å².